The largest absolute Gasteiger partial charge is 0.479 e. The Balaban J connectivity index is 0.000000291. The molecular weight excluding hydrogens is 728 g/mol. The SMILES string of the molecule is CCN(CC1CCN(C(=O)C2CCCCC2)CC1)C(C)Cc1cccc(Cl)c1.O.O=C(O)C(O)(C(=O)c1ccccc1)C(O)(C(=O)O)C(=O)c1ccccc1. The van der Waals surface area contributed by atoms with Gasteiger partial charge in [0.15, 0.2) is 0 Å². The maximum atomic E-state index is 12.8. The number of carbonyl (C=O) groups is 5. The molecule has 298 valence electrons. The number of carbonyl (C=O) groups excluding carboxylic acids is 3. The maximum absolute atomic E-state index is 12.8. The van der Waals surface area contributed by atoms with E-state index in [0.29, 0.717) is 23.8 Å². The van der Waals surface area contributed by atoms with Crippen LogP contribution < -0.4 is 0 Å². The smallest absolute Gasteiger partial charge is 0.348 e. The van der Waals surface area contributed by atoms with Crippen molar-refractivity contribution in [3.8, 4) is 0 Å². The molecule has 55 heavy (non-hydrogen) atoms. The number of aliphatic hydroxyl groups is 2. The Morgan fingerprint density at radius 1 is 0.764 bits per heavy atom. The van der Waals surface area contributed by atoms with Gasteiger partial charge in [-0.15, -0.1) is 0 Å². The van der Waals surface area contributed by atoms with Gasteiger partial charge in [0, 0.05) is 47.7 Å². The zero-order valence-corrected chi connectivity index (χ0v) is 32.2. The van der Waals surface area contributed by atoms with Crippen molar-refractivity contribution in [1.82, 2.24) is 9.80 Å². The van der Waals surface area contributed by atoms with E-state index in [0.717, 1.165) is 87.6 Å². The zero-order valence-electron chi connectivity index (χ0n) is 31.4. The number of Topliss-reactive ketones (excluding diaryl/α,β-unsaturated/α-hetero) is 2. The summed E-state index contributed by atoms with van der Waals surface area (Å²) in [6.45, 7) is 8.72. The molecule has 1 aliphatic carbocycles. The highest BCUT2D eigenvalue weighted by Crippen LogP contribution is 2.32. The standard InChI is InChI=1S/C24H37ClN2O.C18H14O8.H2O/c1-3-26(19(2)16-21-8-7-11-23(25)17-21)18-20-12-14-27(15-13-20)24(28)22-9-5-4-6-10-22;19-13(11-7-3-1-4-8-11)17(25,15(21)22)18(26,16(23)24)14(20)12-9-5-2-6-10-12;/h7-8,11,17,19-20,22H,3-6,9-10,12-16,18H2,1-2H3;1-10,25-26H,(H,21,22)(H,23,24);1H2. The highest BCUT2D eigenvalue weighted by molar-refractivity contribution is 6.30. The van der Waals surface area contributed by atoms with Gasteiger partial charge < -0.3 is 35.7 Å². The molecule has 1 amide bonds. The first-order chi connectivity index (χ1) is 25.7. The second-order valence-corrected chi connectivity index (χ2v) is 14.7. The fourth-order valence-electron chi connectivity index (χ4n) is 7.46. The number of likely N-dealkylation sites (tertiary alicyclic amines) is 1. The predicted molar refractivity (Wildman–Crippen MR) is 208 cm³/mol. The van der Waals surface area contributed by atoms with Crippen LogP contribution in [0.1, 0.15) is 85.1 Å². The predicted octanol–water partition coefficient (Wildman–Crippen LogP) is 4.97. The second kappa shape index (κ2) is 20.5. The van der Waals surface area contributed by atoms with Crippen LogP contribution in [-0.2, 0) is 20.8 Å². The Hall–Kier alpha value is -4.46. The number of piperidine rings is 1. The number of hydrogen-bond acceptors (Lipinski definition) is 8. The molecule has 6 N–H and O–H groups in total. The van der Waals surface area contributed by atoms with Gasteiger partial charge >= 0.3 is 11.9 Å². The first-order valence-electron chi connectivity index (χ1n) is 18.6. The van der Waals surface area contributed by atoms with E-state index >= 15 is 0 Å². The number of carboxylic acid groups (broad SMARTS) is 2. The van der Waals surface area contributed by atoms with Crippen molar-refractivity contribution in [2.24, 2.45) is 11.8 Å². The Morgan fingerprint density at radius 2 is 1.25 bits per heavy atom. The molecule has 13 heteroatoms. The molecule has 1 saturated carbocycles. The molecular formula is C42H53ClN2O10. The highest BCUT2D eigenvalue weighted by atomic mass is 35.5. The minimum absolute atomic E-state index is 0. The van der Waals surface area contributed by atoms with Crippen LogP contribution in [0.5, 0.6) is 0 Å². The molecule has 2 aliphatic rings. The molecule has 1 aliphatic heterocycles. The van der Waals surface area contributed by atoms with Crippen LogP contribution in [0.25, 0.3) is 0 Å². The van der Waals surface area contributed by atoms with Gasteiger partial charge in [0.25, 0.3) is 11.2 Å². The molecule has 0 radical (unpaired) electrons. The summed E-state index contributed by atoms with van der Waals surface area (Å²) in [6, 6.07) is 21.6. The lowest BCUT2D eigenvalue weighted by Gasteiger charge is -2.38. The van der Waals surface area contributed by atoms with Crippen molar-refractivity contribution < 1.29 is 49.9 Å². The lowest BCUT2D eigenvalue weighted by Crippen LogP contribution is -2.71. The molecule has 5 rings (SSSR count). The van der Waals surface area contributed by atoms with Crippen LogP contribution in [0.4, 0.5) is 0 Å². The summed E-state index contributed by atoms with van der Waals surface area (Å²) in [5.41, 5.74) is -7.37. The van der Waals surface area contributed by atoms with Gasteiger partial charge in [-0.05, 0) is 69.2 Å². The van der Waals surface area contributed by atoms with Crippen molar-refractivity contribution in [2.45, 2.75) is 82.5 Å². The summed E-state index contributed by atoms with van der Waals surface area (Å²) in [4.78, 5) is 66.1. The summed E-state index contributed by atoms with van der Waals surface area (Å²) in [7, 11) is 0. The molecule has 3 unspecified atom stereocenters. The van der Waals surface area contributed by atoms with Crippen molar-refractivity contribution in [2.75, 3.05) is 26.2 Å². The minimum Gasteiger partial charge on any atom is -0.479 e. The summed E-state index contributed by atoms with van der Waals surface area (Å²) >= 11 is 6.15. The number of likely N-dealkylation sites (N-methyl/N-ethyl adjacent to an activating group) is 1. The average Bonchev–Trinajstić information content (AvgIpc) is 3.19. The van der Waals surface area contributed by atoms with E-state index in [1.807, 2.05) is 12.1 Å². The third-order valence-electron chi connectivity index (χ3n) is 10.7. The Labute approximate surface area is 327 Å². The fourth-order valence-corrected chi connectivity index (χ4v) is 7.67. The zero-order chi connectivity index (χ0) is 39.5. The van der Waals surface area contributed by atoms with Crippen LogP contribution in [0.15, 0.2) is 84.9 Å². The van der Waals surface area contributed by atoms with E-state index in [9.17, 15) is 44.4 Å². The van der Waals surface area contributed by atoms with Crippen LogP contribution in [0.2, 0.25) is 5.02 Å². The van der Waals surface area contributed by atoms with Crippen molar-refractivity contribution in [3.63, 3.8) is 0 Å². The third kappa shape index (κ3) is 10.6. The first-order valence-corrected chi connectivity index (χ1v) is 19.0. The number of benzene rings is 3. The Morgan fingerprint density at radius 3 is 1.69 bits per heavy atom. The van der Waals surface area contributed by atoms with E-state index in [4.69, 9.17) is 11.6 Å². The van der Waals surface area contributed by atoms with Crippen LogP contribution in [0.3, 0.4) is 0 Å². The number of hydrogen-bond donors (Lipinski definition) is 4. The first kappa shape index (κ1) is 44.9. The van der Waals surface area contributed by atoms with Crippen LogP contribution >= 0.6 is 11.6 Å². The van der Waals surface area contributed by atoms with E-state index in [2.05, 4.69) is 35.8 Å². The summed E-state index contributed by atoms with van der Waals surface area (Å²) < 4.78 is 0. The number of ketones is 2. The maximum Gasteiger partial charge on any atom is 0.348 e. The lowest BCUT2D eigenvalue weighted by molar-refractivity contribution is -0.187. The lowest BCUT2D eigenvalue weighted by atomic mass is 9.73. The van der Waals surface area contributed by atoms with Crippen molar-refractivity contribution in [3.05, 3.63) is 107 Å². The van der Waals surface area contributed by atoms with Crippen molar-refractivity contribution in [1.29, 1.82) is 0 Å². The molecule has 2 fully saturated rings. The molecule has 0 aromatic heterocycles. The van der Waals surface area contributed by atoms with E-state index < -0.39 is 45.8 Å². The van der Waals surface area contributed by atoms with Gasteiger partial charge in [0.2, 0.25) is 17.5 Å². The number of nitrogens with zero attached hydrogens (tertiary/aromatic N) is 2. The molecule has 3 atom stereocenters. The monoisotopic (exact) mass is 780 g/mol. The van der Waals surface area contributed by atoms with Gasteiger partial charge in [0.05, 0.1) is 0 Å². The number of rotatable bonds is 14. The fraction of sp³-hybridized carbons (Fsp3) is 0.452. The van der Waals surface area contributed by atoms with Crippen LogP contribution in [-0.4, -0.2) is 109 Å². The molecule has 1 saturated heterocycles. The van der Waals surface area contributed by atoms with Gasteiger partial charge in [-0.2, -0.15) is 0 Å². The molecule has 0 bridgehead atoms. The molecule has 0 spiro atoms. The number of halogens is 1. The average molecular weight is 781 g/mol. The Bertz CT molecular complexity index is 1670. The summed E-state index contributed by atoms with van der Waals surface area (Å²) in [5, 5.41) is 40.7. The van der Waals surface area contributed by atoms with E-state index in [-0.39, 0.29) is 5.48 Å². The Kier molecular flexibility index (Phi) is 16.7. The van der Waals surface area contributed by atoms with E-state index in [1.165, 1.54) is 61.2 Å². The highest BCUT2D eigenvalue weighted by Gasteiger charge is 2.69. The quantitative estimate of drug-likeness (QED) is 0.128. The van der Waals surface area contributed by atoms with Gasteiger partial charge in [-0.25, -0.2) is 9.59 Å². The van der Waals surface area contributed by atoms with Gasteiger partial charge in [0.1, 0.15) is 0 Å². The normalized spacial score (nSPS) is 17.7. The number of aliphatic carboxylic acids is 2. The molecule has 3 aromatic carbocycles. The molecule has 1 heterocycles. The van der Waals surface area contributed by atoms with E-state index in [1.54, 1.807) is 0 Å². The summed E-state index contributed by atoms with van der Waals surface area (Å²) in [6.07, 6.45) is 9.36. The van der Waals surface area contributed by atoms with Gasteiger partial charge in [-0.1, -0.05) is 111 Å². The summed E-state index contributed by atoms with van der Waals surface area (Å²) in [5.74, 6) is -6.56. The number of amides is 1. The minimum atomic E-state index is -3.95. The van der Waals surface area contributed by atoms with Gasteiger partial charge in [-0.3, -0.25) is 14.4 Å². The topological polar surface area (TPSA) is 204 Å². The third-order valence-corrected chi connectivity index (χ3v) is 10.9. The molecule has 3 aromatic rings. The van der Waals surface area contributed by atoms with Crippen LogP contribution in [0, 0.1) is 11.8 Å². The molecule has 12 nitrogen and oxygen atoms in total. The second-order valence-electron chi connectivity index (χ2n) is 14.3. The number of carboxylic acids is 2. The van der Waals surface area contributed by atoms with Crippen molar-refractivity contribution >= 4 is 41.0 Å².